The van der Waals surface area contributed by atoms with Gasteiger partial charge in [0.05, 0.1) is 22.4 Å². The van der Waals surface area contributed by atoms with Crippen LogP contribution in [0, 0.1) is 5.92 Å². The Labute approximate surface area is 225 Å². The van der Waals surface area contributed by atoms with E-state index in [0.717, 1.165) is 53.4 Å². The Morgan fingerprint density at radius 1 is 1.18 bits per heavy atom. The molecule has 0 saturated heterocycles. The number of carbonyl (C=O) groups is 2. The lowest BCUT2D eigenvalue weighted by molar-refractivity contribution is -0.123. The van der Waals surface area contributed by atoms with Gasteiger partial charge in [-0.2, -0.15) is 0 Å². The number of aromatic nitrogens is 3. The van der Waals surface area contributed by atoms with Crippen molar-refractivity contribution >= 4 is 38.5 Å². The smallest absolute Gasteiger partial charge is 0.229 e. The predicted octanol–water partition coefficient (Wildman–Crippen LogP) is 3.01. The molecule has 38 heavy (non-hydrogen) atoms. The van der Waals surface area contributed by atoms with Crippen LogP contribution in [0.25, 0.3) is 21.3 Å². The highest BCUT2D eigenvalue weighted by Crippen LogP contribution is 2.33. The van der Waals surface area contributed by atoms with Gasteiger partial charge in [-0.05, 0) is 56.7 Å². The van der Waals surface area contributed by atoms with Gasteiger partial charge >= 0.3 is 0 Å². The molecule has 11 heteroatoms. The zero-order valence-electron chi connectivity index (χ0n) is 21.6. The number of aliphatic hydroxyl groups is 1. The van der Waals surface area contributed by atoms with Crippen LogP contribution in [0.1, 0.15) is 51.8 Å². The van der Waals surface area contributed by atoms with Crippen LogP contribution in [-0.2, 0) is 20.9 Å². The maximum Gasteiger partial charge on any atom is 0.229 e. The van der Waals surface area contributed by atoms with Crippen molar-refractivity contribution in [3.63, 3.8) is 0 Å². The number of benzene rings is 1. The molecule has 0 unspecified atom stereocenters. The molecule has 3 atom stereocenters. The standard InChI is InChI=1S/C27H34N6O4S/c1-15(11-28-16(2)34)31-20-8-18(9-20)26(36)33-27-32-21-7-6-17(10-24(21)38-27)19-12-29-25(30-13-19)14-37-23-5-3-4-22(23)35/h6-7,10,12-13,15,18,20,22-23,31,35H,3-5,8-9,11,14H2,1-2H3,(H,28,34)(H,32,33,36)/t15-,18-,20+,22-,23-/m0/s1. The van der Waals surface area contributed by atoms with Crippen LogP contribution < -0.4 is 16.0 Å². The molecule has 0 bridgehead atoms. The van der Waals surface area contributed by atoms with Gasteiger partial charge in [-0.3, -0.25) is 9.59 Å². The lowest BCUT2D eigenvalue weighted by Gasteiger charge is -2.36. The Kier molecular flexibility index (Phi) is 8.27. The molecule has 2 aliphatic carbocycles. The fraction of sp³-hybridized carbons (Fsp3) is 0.519. The minimum absolute atomic E-state index is 0.00632. The first kappa shape index (κ1) is 26.6. The summed E-state index contributed by atoms with van der Waals surface area (Å²) in [6.07, 6.45) is 7.21. The molecule has 2 aromatic heterocycles. The molecule has 2 saturated carbocycles. The van der Waals surface area contributed by atoms with E-state index in [0.29, 0.717) is 17.5 Å². The Hall–Kier alpha value is -2.99. The number of amides is 2. The summed E-state index contributed by atoms with van der Waals surface area (Å²) in [5.74, 6) is 0.501. The van der Waals surface area contributed by atoms with Gasteiger partial charge < -0.3 is 25.8 Å². The fourth-order valence-corrected chi connectivity index (χ4v) is 5.86. The molecule has 2 heterocycles. The number of fused-ring (bicyclic) bond motifs is 1. The maximum absolute atomic E-state index is 12.7. The van der Waals surface area contributed by atoms with E-state index in [1.807, 2.05) is 25.1 Å². The van der Waals surface area contributed by atoms with Crippen molar-refractivity contribution < 1.29 is 19.4 Å². The first-order valence-corrected chi connectivity index (χ1v) is 14.0. The number of nitrogens with one attached hydrogen (secondary N) is 3. The second-order valence-corrected chi connectivity index (χ2v) is 11.3. The molecule has 2 aliphatic rings. The first-order valence-electron chi connectivity index (χ1n) is 13.2. The zero-order valence-corrected chi connectivity index (χ0v) is 22.5. The number of carbonyl (C=O) groups excluding carboxylic acids is 2. The normalized spacial score (nSPS) is 23.7. The van der Waals surface area contributed by atoms with E-state index in [1.54, 1.807) is 12.4 Å². The third-order valence-corrected chi connectivity index (χ3v) is 8.12. The Balaban J connectivity index is 1.13. The largest absolute Gasteiger partial charge is 0.390 e. The molecular weight excluding hydrogens is 504 g/mol. The molecule has 0 aliphatic heterocycles. The third-order valence-electron chi connectivity index (χ3n) is 7.19. The molecule has 5 rings (SSSR count). The van der Waals surface area contributed by atoms with Crippen molar-refractivity contribution in [1.82, 2.24) is 25.6 Å². The molecule has 3 aromatic rings. The summed E-state index contributed by atoms with van der Waals surface area (Å²) in [5, 5.41) is 19.7. The molecule has 0 radical (unpaired) electrons. The molecule has 2 fully saturated rings. The molecule has 10 nitrogen and oxygen atoms in total. The second-order valence-electron chi connectivity index (χ2n) is 10.3. The zero-order chi connectivity index (χ0) is 26.6. The van der Waals surface area contributed by atoms with Gasteiger partial charge in [0, 0.05) is 49.4 Å². The summed E-state index contributed by atoms with van der Waals surface area (Å²) in [5.41, 5.74) is 2.69. The summed E-state index contributed by atoms with van der Waals surface area (Å²) in [6, 6.07) is 6.39. The van der Waals surface area contributed by atoms with E-state index >= 15 is 0 Å². The number of aliphatic hydroxyl groups excluding tert-OH is 1. The van der Waals surface area contributed by atoms with Crippen LogP contribution in [0.2, 0.25) is 0 Å². The maximum atomic E-state index is 12.7. The molecule has 0 spiro atoms. The van der Waals surface area contributed by atoms with Gasteiger partial charge in [-0.15, -0.1) is 0 Å². The number of hydrogen-bond donors (Lipinski definition) is 4. The van der Waals surface area contributed by atoms with Crippen LogP contribution in [0.15, 0.2) is 30.6 Å². The number of rotatable bonds is 10. The number of ether oxygens (including phenoxy) is 1. The minimum atomic E-state index is -0.395. The van der Waals surface area contributed by atoms with Gasteiger partial charge in [0.2, 0.25) is 11.8 Å². The third kappa shape index (κ3) is 6.52. The molecule has 2 amide bonds. The molecule has 202 valence electrons. The van der Waals surface area contributed by atoms with Gasteiger partial charge in [0.15, 0.2) is 11.0 Å². The van der Waals surface area contributed by atoms with Crippen LogP contribution in [-0.4, -0.2) is 62.7 Å². The SMILES string of the molecule is CC(=O)NC[C@H](C)N[C@H]1C[C@@H](C(=O)Nc2nc3ccc(-c4cnc(CO[C@H]5CCC[C@@H]5O)nc4)cc3s2)C1. The van der Waals surface area contributed by atoms with Crippen molar-refractivity contribution in [3.8, 4) is 11.1 Å². The molecular formula is C27H34N6O4S. The van der Waals surface area contributed by atoms with Crippen LogP contribution in [0.3, 0.4) is 0 Å². The highest BCUT2D eigenvalue weighted by atomic mass is 32.1. The van der Waals surface area contributed by atoms with Crippen molar-refractivity contribution in [2.75, 3.05) is 11.9 Å². The van der Waals surface area contributed by atoms with E-state index in [9.17, 15) is 14.7 Å². The van der Waals surface area contributed by atoms with E-state index in [4.69, 9.17) is 4.74 Å². The first-order chi connectivity index (χ1) is 18.3. The Morgan fingerprint density at radius 3 is 2.68 bits per heavy atom. The second kappa shape index (κ2) is 11.8. The average molecular weight is 539 g/mol. The lowest BCUT2D eigenvalue weighted by Crippen LogP contribution is -2.51. The van der Waals surface area contributed by atoms with Crippen molar-refractivity contribution in [1.29, 1.82) is 0 Å². The lowest BCUT2D eigenvalue weighted by atomic mass is 9.79. The van der Waals surface area contributed by atoms with Gasteiger partial charge in [-0.1, -0.05) is 17.4 Å². The predicted molar refractivity (Wildman–Crippen MR) is 146 cm³/mol. The summed E-state index contributed by atoms with van der Waals surface area (Å²) in [4.78, 5) is 37.2. The van der Waals surface area contributed by atoms with Gasteiger partial charge in [0.1, 0.15) is 6.61 Å². The quantitative estimate of drug-likeness (QED) is 0.309. The summed E-state index contributed by atoms with van der Waals surface area (Å²) >= 11 is 1.45. The molecule has 1 aromatic carbocycles. The number of hydrogen-bond acceptors (Lipinski definition) is 9. The van der Waals surface area contributed by atoms with E-state index in [-0.39, 0.29) is 42.5 Å². The fourth-order valence-electron chi connectivity index (χ4n) is 4.95. The van der Waals surface area contributed by atoms with Crippen LogP contribution in [0.4, 0.5) is 5.13 Å². The summed E-state index contributed by atoms with van der Waals surface area (Å²) in [7, 11) is 0. The van der Waals surface area contributed by atoms with Crippen molar-refractivity contribution in [2.45, 2.75) is 76.9 Å². The van der Waals surface area contributed by atoms with Gasteiger partial charge in [-0.25, -0.2) is 15.0 Å². The summed E-state index contributed by atoms with van der Waals surface area (Å²) in [6.45, 7) is 4.39. The molecule has 4 N–H and O–H groups in total. The monoisotopic (exact) mass is 538 g/mol. The average Bonchev–Trinajstić information content (AvgIpc) is 3.47. The highest BCUT2D eigenvalue weighted by molar-refractivity contribution is 7.22. The van der Waals surface area contributed by atoms with Crippen LogP contribution >= 0.6 is 11.3 Å². The number of nitrogens with zero attached hydrogens (tertiary/aromatic N) is 3. The minimum Gasteiger partial charge on any atom is -0.390 e. The van der Waals surface area contributed by atoms with E-state index in [1.165, 1.54) is 18.3 Å². The van der Waals surface area contributed by atoms with Crippen molar-refractivity contribution in [2.24, 2.45) is 5.92 Å². The van der Waals surface area contributed by atoms with Crippen LogP contribution in [0.5, 0.6) is 0 Å². The van der Waals surface area contributed by atoms with E-state index in [2.05, 4.69) is 30.9 Å². The topological polar surface area (TPSA) is 138 Å². The number of anilines is 1. The number of thiazole rings is 1. The van der Waals surface area contributed by atoms with Crippen molar-refractivity contribution in [3.05, 3.63) is 36.4 Å². The van der Waals surface area contributed by atoms with Gasteiger partial charge in [0.25, 0.3) is 0 Å². The summed E-state index contributed by atoms with van der Waals surface area (Å²) < 4.78 is 6.75. The van der Waals surface area contributed by atoms with E-state index < -0.39 is 6.10 Å². The Morgan fingerprint density at radius 2 is 1.97 bits per heavy atom. The highest BCUT2D eigenvalue weighted by Gasteiger charge is 2.35. The Bertz CT molecular complexity index is 1280.